The number of nitrogens with zero attached hydrogens (tertiary/aromatic N) is 1. The Kier molecular flexibility index (Phi) is 4.60. The molecule has 6 heteroatoms. The Balaban J connectivity index is 2.27. The van der Waals surface area contributed by atoms with Crippen LogP contribution in [-0.4, -0.2) is 43.6 Å². The minimum atomic E-state index is -3.52. The zero-order valence-electron chi connectivity index (χ0n) is 12.8. The van der Waals surface area contributed by atoms with Crippen molar-refractivity contribution >= 4 is 10.0 Å². The monoisotopic (exact) mass is 313 g/mol. The molecule has 1 N–H and O–H groups in total. The number of ether oxygens (including phenoxy) is 1. The smallest absolute Gasteiger partial charge is 0.243 e. The summed E-state index contributed by atoms with van der Waals surface area (Å²) in [6, 6.07) is 4.89. The van der Waals surface area contributed by atoms with E-state index < -0.39 is 15.6 Å². The van der Waals surface area contributed by atoms with Crippen LogP contribution in [0.2, 0.25) is 0 Å². The maximum Gasteiger partial charge on any atom is 0.243 e. The highest BCUT2D eigenvalue weighted by Crippen LogP contribution is 2.27. The van der Waals surface area contributed by atoms with Crippen molar-refractivity contribution in [1.29, 1.82) is 0 Å². The van der Waals surface area contributed by atoms with Gasteiger partial charge in [-0.3, -0.25) is 0 Å². The molecule has 1 unspecified atom stereocenters. The second-order valence-corrected chi connectivity index (χ2v) is 7.82. The molecule has 1 fully saturated rings. The highest BCUT2D eigenvalue weighted by Gasteiger charge is 2.31. The van der Waals surface area contributed by atoms with Crippen LogP contribution in [0, 0.1) is 6.92 Å². The van der Waals surface area contributed by atoms with E-state index in [1.807, 2.05) is 6.92 Å². The van der Waals surface area contributed by atoms with Crippen LogP contribution < -0.4 is 4.74 Å². The number of rotatable bonds is 3. The van der Waals surface area contributed by atoms with E-state index in [2.05, 4.69) is 0 Å². The van der Waals surface area contributed by atoms with Gasteiger partial charge in [0.2, 0.25) is 10.0 Å². The van der Waals surface area contributed by atoms with Gasteiger partial charge in [-0.05, 0) is 56.9 Å². The van der Waals surface area contributed by atoms with Gasteiger partial charge in [-0.2, -0.15) is 4.31 Å². The molecule has 1 aromatic carbocycles. The third-order valence-electron chi connectivity index (χ3n) is 4.03. The Morgan fingerprint density at radius 2 is 2.00 bits per heavy atom. The van der Waals surface area contributed by atoms with E-state index in [-0.39, 0.29) is 4.90 Å². The van der Waals surface area contributed by atoms with Gasteiger partial charge in [-0.25, -0.2) is 8.42 Å². The van der Waals surface area contributed by atoms with Gasteiger partial charge in [0.05, 0.1) is 17.6 Å². The summed E-state index contributed by atoms with van der Waals surface area (Å²) >= 11 is 0. The average Bonchev–Trinajstić information content (AvgIpc) is 2.60. The maximum absolute atomic E-state index is 12.7. The van der Waals surface area contributed by atoms with Gasteiger partial charge in [-0.1, -0.05) is 0 Å². The van der Waals surface area contributed by atoms with Crippen molar-refractivity contribution in [1.82, 2.24) is 4.31 Å². The fourth-order valence-electron chi connectivity index (χ4n) is 2.64. The standard InChI is InChI=1S/C15H23NO4S/c1-12-11-13(5-6-14(12)20-3)21(18,19)16-9-4-7-15(2,17)8-10-16/h5-6,11,17H,4,7-10H2,1-3H3. The first-order valence-corrected chi connectivity index (χ1v) is 8.57. The molecule has 21 heavy (non-hydrogen) atoms. The van der Waals surface area contributed by atoms with E-state index in [1.54, 1.807) is 32.2 Å². The minimum Gasteiger partial charge on any atom is -0.496 e. The Labute approximate surface area is 126 Å². The fourth-order valence-corrected chi connectivity index (χ4v) is 4.20. The van der Waals surface area contributed by atoms with Crippen LogP contribution in [0.25, 0.3) is 0 Å². The van der Waals surface area contributed by atoms with Gasteiger partial charge in [0.1, 0.15) is 5.75 Å². The van der Waals surface area contributed by atoms with E-state index >= 15 is 0 Å². The van der Waals surface area contributed by atoms with Gasteiger partial charge >= 0.3 is 0 Å². The Hall–Kier alpha value is -1.11. The molecule has 0 aromatic heterocycles. The number of benzene rings is 1. The lowest BCUT2D eigenvalue weighted by molar-refractivity contribution is 0.0465. The van der Waals surface area contributed by atoms with Gasteiger partial charge in [0.15, 0.2) is 0 Å². The summed E-state index contributed by atoms with van der Waals surface area (Å²) in [5, 5.41) is 10.1. The Morgan fingerprint density at radius 3 is 2.62 bits per heavy atom. The van der Waals surface area contributed by atoms with Crippen molar-refractivity contribution in [2.45, 2.75) is 43.6 Å². The molecule has 1 aliphatic heterocycles. The molecule has 118 valence electrons. The van der Waals surface area contributed by atoms with Crippen LogP contribution in [0.3, 0.4) is 0 Å². The van der Waals surface area contributed by atoms with Crippen molar-refractivity contribution < 1.29 is 18.3 Å². The van der Waals surface area contributed by atoms with Crippen molar-refractivity contribution in [2.75, 3.05) is 20.2 Å². The molecular formula is C15H23NO4S. The summed E-state index contributed by atoms with van der Waals surface area (Å²) in [5.41, 5.74) is 0.0143. The largest absolute Gasteiger partial charge is 0.496 e. The molecular weight excluding hydrogens is 290 g/mol. The van der Waals surface area contributed by atoms with Gasteiger partial charge in [-0.15, -0.1) is 0 Å². The molecule has 0 saturated carbocycles. The SMILES string of the molecule is COc1ccc(S(=O)(=O)N2CCCC(C)(O)CC2)cc1C. The van der Waals surface area contributed by atoms with Gasteiger partial charge < -0.3 is 9.84 Å². The first-order valence-electron chi connectivity index (χ1n) is 7.13. The molecule has 0 spiro atoms. The van der Waals surface area contributed by atoms with Crippen LogP contribution in [0.4, 0.5) is 0 Å². The third kappa shape index (κ3) is 3.56. The van der Waals surface area contributed by atoms with E-state index in [0.29, 0.717) is 38.1 Å². The first-order chi connectivity index (χ1) is 9.76. The lowest BCUT2D eigenvalue weighted by Crippen LogP contribution is -2.33. The average molecular weight is 313 g/mol. The second kappa shape index (κ2) is 5.94. The number of aryl methyl sites for hydroxylation is 1. The molecule has 1 aliphatic rings. The van der Waals surface area contributed by atoms with E-state index in [4.69, 9.17) is 4.74 Å². The predicted molar refractivity (Wildman–Crippen MR) is 81.0 cm³/mol. The molecule has 1 heterocycles. The molecule has 0 bridgehead atoms. The molecule has 5 nitrogen and oxygen atoms in total. The molecule has 1 atom stereocenters. The van der Waals surface area contributed by atoms with E-state index in [1.165, 1.54) is 4.31 Å². The fraction of sp³-hybridized carbons (Fsp3) is 0.600. The lowest BCUT2D eigenvalue weighted by atomic mass is 9.98. The number of methoxy groups -OCH3 is 1. The molecule has 1 aromatic rings. The van der Waals surface area contributed by atoms with Crippen LogP contribution in [0.1, 0.15) is 31.7 Å². The van der Waals surface area contributed by atoms with Crippen molar-refractivity contribution in [3.05, 3.63) is 23.8 Å². The van der Waals surface area contributed by atoms with Crippen LogP contribution in [-0.2, 0) is 10.0 Å². The highest BCUT2D eigenvalue weighted by atomic mass is 32.2. The van der Waals surface area contributed by atoms with Crippen LogP contribution in [0.15, 0.2) is 23.1 Å². The number of sulfonamides is 1. The van der Waals surface area contributed by atoms with Crippen molar-refractivity contribution in [3.8, 4) is 5.75 Å². The zero-order chi connectivity index (χ0) is 15.7. The normalized spacial score (nSPS) is 24.6. The minimum absolute atomic E-state index is 0.280. The van der Waals surface area contributed by atoms with Crippen LogP contribution in [0.5, 0.6) is 5.75 Å². The Morgan fingerprint density at radius 1 is 1.29 bits per heavy atom. The van der Waals surface area contributed by atoms with Crippen molar-refractivity contribution in [3.63, 3.8) is 0 Å². The highest BCUT2D eigenvalue weighted by molar-refractivity contribution is 7.89. The van der Waals surface area contributed by atoms with E-state index in [0.717, 1.165) is 5.56 Å². The summed E-state index contributed by atoms with van der Waals surface area (Å²) in [6.45, 7) is 4.38. The molecule has 0 amide bonds. The quantitative estimate of drug-likeness (QED) is 0.926. The predicted octanol–water partition coefficient (Wildman–Crippen LogP) is 1.93. The molecule has 0 aliphatic carbocycles. The first kappa shape index (κ1) is 16.3. The molecule has 0 radical (unpaired) electrons. The number of aliphatic hydroxyl groups is 1. The number of hydrogen-bond donors (Lipinski definition) is 1. The molecule has 2 rings (SSSR count). The summed E-state index contributed by atoms with van der Waals surface area (Å²) in [5.74, 6) is 0.674. The van der Waals surface area contributed by atoms with E-state index in [9.17, 15) is 13.5 Å². The summed E-state index contributed by atoms with van der Waals surface area (Å²) in [7, 11) is -1.95. The van der Waals surface area contributed by atoms with Gasteiger partial charge in [0.25, 0.3) is 0 Å². The van der Waals surface area contributed by atoms with Crippen molar-refractivity contribution in [2.24, 2.45) is 0 Å². The topological polar surface area (TPSA) is 66.8 Å². The summed E-state index contributed by atoms with van der Waals surface area (Å²) < 4.78 is 32.0. The Bertz CT molecular complexity index is 610. The lowest BCUT2D eigenvalue weighted by Gasteiger charge is -2.22. The van der Waals surface area contributed by atoms with Gasteiger partial charge in [0, 0.05) is 13.1 Å². The number of hydrogen-bond acceptors (Lipinski definition) is 4. The third-order valence-corrected chi connectivity index (χ3v) is 5.92. The summed E-state index contributed by atoms with van der Waals surface area (Å²) in [6.07, 6.45) is 1.75. The molecule has 1 saturated heterocycles. The van der Waals surface area contributed by atoms with Crippen LogP contribution >= 0.6 is 0 Å². The summed E-state index contributed by atoms with van der Waals surface area (Å²) in [4.78, 5) is 0.280. The zero-order valence-corrected chi connectivity index (χ0v) is 13.6. The maximum atomic E-state index is 12.7. The second-order valence-electron chi connectivity index (χ2n) is 5.89.